The van der Waals surface area contributed by atoms with E-state index in [0.29, 0.717) is 16.3 Å². The number of anilines is 1. The van der Waals surface area contributed by atoms with Gasteiger partial charge in [0, 0.05) is 17.1 Å². The topological polar surface area (TPSA) is 59.1 Å². The minimum absolute atomic E-state index is 0.0510. The molecule has 2 aromatic rings. The molecule has 0 unspecified atom stereocenters. The predicted molar refractivity (Wildman–Crippen MR) is 79.0 cm³/mol. The van der Waals surface area contributed by atoms with E-state index in [0.717, 1.165) is 10.0 Å². The van der Waals surface area contributed by atoms with Gasteiger partial charge in [-0.25, -0.2) is 4.98 Å². The Morgan fingerprint density at radius 2 is 2.11 bits per heavy atom. The van der Waals surface area contributed by atoms with Crippen LogP contribution in [0.15, 0.2) is 28.2 Å². The summed E-state index contributed by atoms with van der Waals surface area (Å²) in [6.07, 6.45) is 1.68. The maximum atomic E-state index is 12.0. The van der Waals surface area contributed by atoms with Crippen molar-refractivity contribution in [3.8, 4) is 0 Å². The monoisotopic (exact) mass is 338 g/mol. The van der Waals surface area contributed by atoms with Gasteiger partial charge in [0.05, 0.1) is 9.35 Å². The van der Waals surface area contributed by atoms with Gasteiger partial charge in [-0.3, -0.25) is 9.59 Å². The average molecular weight is 339 g/mol. The van der Waals surface area contributed by atoms with Crippen molar-refractivity contribution < 1.29 is 9.59 Å². The molecule has 0 radical (unpaired) electrons. The summed E-state index contributed by atoms with van der Waals surface area (Å²) in [6, 6.07) is 3.46. The highest BCUT2D eigenvalue weighted by molar-refractivity contribution is 9.10. The Hall–Kier alpha value is -1.53. The summed E-state index contributed by atoms with van der Waals surface area (Å²) in [5.41, 5.74) is 1.55. The van der Waals surface area contributed by atoms with Gasteiger partial charge in [0.2, 0.25) is 0 Å². The maximum absolute atomic E-state index is 12.0. The maximum Gasteiger partial charge on any atom is 0.266 e. The van der Waals surface area contributed by atoms with Gasteiger partial charge in [0.1, 0.15) is 5.82 Å². The molecule has 1 N–H and O–H groups in total. The quantitative estimate of drug-likeness (QED) is 0.868. The van der Waals surface area contributed by atoms with Gasteiger partial charge >= 0.3 is 0 Å². The molecule has 2 heterocycles. The molecule has 0 aromatic carbocycles. The number of aryl methyl sites for hydroxylation is 1. The van der Waals surface area contributed by atoms with Crippen molar-refractivity contribution in [2.24, 2.45) is 0 Å². The fourth-order valence-electron chi connectivity index (χ4n) is 1.43. The molecule has 0 saturated carbocycles. The third kappa shape index (κ3) is 3.27. The number of ketones is 1. The Balaban J connectivity index is 2.18. The first-order valence-corrected chi connectivity index (χ1v) is 7.17. The number of carbonyl (C=O) groups excluding carboxylic acids is 2. The zero-order valence-electron chi connectivity index (χ0n) is 10.4. The van der Waals surface area contributed by atoms with Crippen LogP contribution in [0.1, 0.15) is 32.5 Å². The third-order valence-electron chi connectivity index (χ3n) is 2.44. The first-order chi connectivity index (χ1) is 8.97. The summed E-state index contributed by atoms with van der Waals surface area (Å²) < 4.78 is 0.726. The Labute approximate surface area is 123 Å². The molecule has 2 aromatic heterocycles. The second-order valence-electron chi connectivity index (χ2n) is 4.05. The van der Waals surface area contributed by atoms with Gasteiger partial charge in [-0.15, -0.1) is 11.3 Å². The van der Waals surface area contributed by atoms with Gasteiger partial charge in [0.25, 0.3) is 5.91 Å². The molecule has 0 fully saturated rings. The van der Waals surface area contributed by atoms with Crippen molar-refractivity contribution in [1.29, 1.82) is 0 Å². The summed E-state index contributed by atoms with van der Waals surface area (Å²) in [4.78, 5) is 27.8. The molecular formula is C13H11BrN2O2S. The standard InChI is InChI=1S/C13H11BrN2O2S/c1-7-3-10(14)12(15-5-7)16-13(18)11-4-9(6-19-11)8(2)17/h3-6H,1-2H3,(H,15,16,18). The molecule has 98 valence electrons. The molecule has 0 spiro atoms. The van der Waals surface area contributed by atoms with E-state index in [-0.39, 0.29) is 11.7 Å². The van der Waals surface area contributed by atoms with Crippen molar-refractivity contribution in [3.05, 3.63) is 44.2 Å². The van der Waals surface area contributed by atoms with E-state index in [1.807, 2.05) is 13.0 Å². The second kappa shape index (κ2) is 5.63. The minimum atomic E-state index is -0.269. The number of halogens is 1. The number of rotatable bonds is 3. The van der Waals surface area contributed by atoms with Crippen molar-refractivity contribution in [2.45, 2.75) is 13.8 Å². The smallest absolute Gasteiger partial charge is 0.266 e. The van der Waals surface area contributed by atoms with Crippen LogP contribution in [0.4, 0.5) is 5.82 Å². The highest BCUT2D eigenvalue weighted by Crippen LogP contribution is 2.22. The molecule has 19 heavy (non-hydrogen) atoms. The van der Waals surface area contributed by atoms with Crippen molar-refractivity contribution in [3.63, 3.8) is 0 Å². The predicted octanol–water partition coefficient (Wildman–Crippen LogP) is 3.67. The van der Waals surface area contributed by atoms with E-state index in [1.54, 1.807) is 17.6 Å². The van der Waals surface area contributed by atoms with E-state index >= 15 is 0 Å². The molecule has 4 nitrogen and oxygen atoms in total. The first-order valence-electron chi connectivity index (χ1n) is 5.50. The van der Waals surface area contributed by atoms with E-state index in [9.17, 15) is 9.59 Å². The fourth-order valence-corrected chi connectivity index (χ4v) is 2.84. The van der Waals surface area contributed by atoms with Crippen molar-refractivity contribution in [2.75, 3.05) is 5.32 Å². The number of hydrogen-bond acceptors (Lipinski definition) is 4. The summed E-state index contributed by atoms with van der Waals surface area (Å²) >= 11 is 4.59. The summed E-state index contributed by atoms with van der Waals surface area (Å²) in [5, 5.41) is 4.38. The molecule has 6 heteroatoms. The molecule has 0 aliphatic heterocycles. The molecule has 0 aliphatic rings. The number of Topliss-reactive ketones (excluding diaryl/α,β-unsaturated/α-hetero) is 1. The van der Waals surface area contributed by atoms with E-state index in [4.69, 9.17) is 0 Å². The molecule has 2 rings (SSSR count). The number of amides is 1. The van der Waals surface area contributed by atoms with E-state index in [1.165, 1.54) is 18.3 Å². The Bertz CT molecular complexity index is 652. The number of pyridine rings is 1. The lowest BCUT2D eigenvalue weighted by atomic mass is 10.2. The molecule has 0 saturated heterocycles. The largest absolute Gasteiger partial charge is 0.305 e. The zero-order chi connectivity index (χ0) is 14.0. The summed E-state index contributed by atoms with van der Waals surface area (Å²) in [7, 11) is 0. The number of nitrogens with one attached hydrogen (secondary N) is 1. The molecule has 0 atom stereocenters. The fraction of sp³-hybridized carbons (Fsp3) is 0.154. The SMILES string of the molecule is CC(=O)c1csc(C(=O)Nc2ncc(C)cc2Br)c1. The van der Waals surface area contributed by atoms with Crippen molar-refractivity contribution >= 4 is 44.8 Å². The van der Waals surface area contributed by atoms with Crippen molar-refractivity contribution in [1.82, 2.24) is 4.98 Å². The lowest BCUT2D eigenvalue weighted by Crippen LogP contribution is -2.12. The average Bonchev–Trinajstić information content (AvgIpc) is 2.82. The highest BCUT2D eigenvalue weighted by atomic mass is 79.9. The lowest BCUT2D eigenvalue weighted by Gasteiger charge is -2.05. The molecule has 0 bridgehead atoms. The van der Waals surface area contributed by atoms with Gasteiger partial charge < -0.3 is 5.32 Å². The van der Waals surface area contributed by atoms with Gasteiger partial charge in [-0.05, 0) is 47.5 Å². The second-order valence-corrected chi connectivity index (χ2v) is 5.82. The van der Waals surface area contributed by atoms with Crippen LogP contribution in [-0.4, -0.2) is 16.7 Å². The highest BCUT2D eigenvalue weighted by Gasteiger charge is 2.13. The van der Waals surface area contributed by atoms with Crippen LogP contribution >= 0.6 is 27.3 Å². The minimum Gasteiger partial charge on any atom is -0.305 e. The van der Waals surface area contributed by atoms with Crippen LogP contribution < -0.4 is 5.32 Å². The van der Waals surface area contributed by atoms with Crippen LogP contribution in [0.3, 0.4) is 0 Å². The van der Waals surface area contributed by atoms with E-state index < -0.39 is 0 Å². The summed E-state index contributed by atoms with van der Waals surface area (Å²) in [6.45, 7) is 3.39. The normalized spacial score (nSPS) is 10.3. The number of carbonyl (C=O) groups is 2. The Morgan fingerprint density at radius 3 is 2.68 bits per heavy atom. The van der Waals surface area contributed by atoms with Crippen LogP contribution in [-0.2, 0) is 0 Å². The molecular weight excluding hydrogens is 328 g/mol. The van der Waals surface area contributed by atoms with Gasteiger partial charge in [-0.1, -0.05) is 0 Å². The first kappa shape index (κ1) is 13.9. The Kier molecular flexibility index (Phi) is 4.11. The van der Waals surface area contributed by atoms with Crippen LogP contribution in [0, 0.1) is 6.92 Å². The molecule has 0 aliphatic carbocycles. The van der Waals surface area contributed by atoms with Gasteiger partial charge in [-0.2, -0.15) is 0 Å². The van der Waals surface area contributed by atoms with Crippen LogP contribution in [0.2, 0.25) is 0 Å². The van der Waals surface area contributed by atoms with E-state index in [2.05, 4.69) is 26.2 Å². The zero-order valence-corrected chi connectivity index (χ0v) is 12.8. The summed E-state index contributed by atoms with van der Waals surface area (Å²) in [5.74, 6) is 0.146. The Morgan fingerprint density at radius 1 is 1.37 bits per heavy atom. The number of hydrogen-bond donors (Lipinski definition) is 1. The third-order valence-corrected chi connectivity index (χ3v) is 3.97. The number of thiophene rings is 1. The van der Waals surface area contributed by atoms with Gasteiger partial charge in [0.15, 0.2) is 5.78 Å². The number of nitrogens with zero attached hydrogens (tertiary/aromatic N) is 1. The van der Waals surface area contributed by atoms with Crippen LogP contribution in [0.25, 0.3) is 0 Å². The lowest BCUT2D eigenvalue weighted by molar-refractivity contribution is 0.101. The number of aromatic nitrogens is 1. The van der Waals surface area contributed by atoms with Crippen LogP contribution in [0.5, 0.6) is 0 Å². The molecule has 1 amide bonds.